The van der Waals surface area contributed by atoms with Crippen LogP contribution in [-0.2, 0) is 26.2 Å². The van der Waals surface area contributed by atoms with Crippen LogP contribution in [0.25, 0.3) is 0 Å². The zero-order chi connectivity index (χ0) is 29.6. The first-order valence-electron chi connectivity index (χ1n) is 14.1. The highest BCUT2D eigenvalue weighted by molar-refractivity contribution is 7.92. The molecule has 0 radical (unpaired) electrons. The molecule has 7 nitrogen and oxygen atoms in total. The van der Waals surface area contributed by atoms with Crippen LogP contribution in [0.4, 0.5) is 5.69 Å². The third-order valence-corrected chi connectivity index (χ3v) is 9.78. The van der Waals surface area contributed by atoms with Gasteiger partial charge in [0.15, 0.2) is 0 Å². The number of hydrogen-bond donors (Lipinski definition) is 1. The SMILES string of the molecule is Cc1ccc(N(CC(=O)N(Cc2ccccc2Cl)C(C)C(=O)NC2CCCCC2)S(=O)(=O)c2ccc(C)cc2)cc1. The van der Waals surface area contributed by atoms with Crippen molar-refractivity contribution in [3.63, 3.8) is 0 Å². The summed E-state index contributed by atoms with van der Waals surface area (Å²) in [6.45, 7) is 5.04. The highest BCUT2D eigenvalue weighted by Gasteiger charge is 2.33. The van der Waals surface area contributed by atoms with Crippen LogP contribution < -0.4 is 9.62 Å². The summed E-state index contributed by atoms with van der Waals surface area (Å²) in [4.78, 5) is 29.0. The van der Waals surface area contributed by atoms with Gasteiger partial charge in [0.25, 0.3) is 10.0 Å². The van der Waals surface area contributed by atoms with Crippen molar-refractivity contribution < 1.29 is 18.0 Å². The summed E-state index contributed by atoms with van der Waals surface area (Å²) in [5.41, 5.74) is 2.91. The molecule has 1 atom stereocenters. The van der Waals surface area contributed by atoms with Crippen molar-refractivity contribution in [2.45, 2.75) is 76.4 Å². The average Bonchev–Trinajstić information content (AvgIpc) is 2.96. The lowest BCUT2D eigenvalue weighted by Gasteiger charge is -2.33. The number of benzene rings is 3. The fraction of sp³-hybridized carbons (Fsp3) is 0.375. The van der Waals surface area contributed by atoms with E-state index in [0.29, 0.717) is 16.3 Å². The Morgan fingerprint density at radius 2 is 1.49 bits per heavy atom. The second-order valence-electron chi connectivity index (χ2n) is 10.8. The Labute approximate surface area is 248 Å². The molecule has 1 N–H and O–H groups in total. The van der Waals surface area contributed by atoms with Gasteiger partial charge in [0.05, 0.1) is 10.6 Å². The number of sulfonamides is 1. The maximum Gasteiger partial charge on any atom is 0.264 e. The summed E-state index contributed by atoms with van der Waals surface area (Å²) in [5.74, 6) is -0.770. The Hall–Kier alpha value is -3.36. The van der Waals surface area contributed by atoms with Gasteiger partial charge in [-0.15, -0.1) is 0 Å². The van der Waals surface area contributed by atoms with Crippen LogP contribution in [0.2, 0.25) is 5.02 Å². The highest BCUT2D eigenvalue weighted by atomic mass is 35.5. The lowest BCUT2D eigenvalue weighted by atomic mass is 9.95. The van der Waals surface area contributed by atoms with Crippen LogP contribution in [0.3, 0.4) is 0 Å². The number of carbonyl (C=O) groups is 2. The zero-order valence-corrected chi connectivity index (χ0v) is 25.4. The van der Waals surface area contributed by atoms with E-state index in [9.17, 15) is 18.0 Å². The van der Waals surface area contributed by atoms with Crippen LogP contribution >= 0.6 is 11.6 Å². The van der Waals surface area contributed by atoms with Crippen LogP contribution in [0.1, 0.15) is 55.7 Å². The quantitative estimate of drug-likeness (QED) is 0.311. The summed E-state index contributed by atoms with van der Waals surface area (Å²) >= 11 is 6.45. The van der Waals surface area contributed by atoms with Crippen LogP contribution in [-0.4, -0.2) is 43.8 Å². The summed E-state index contributed by atoms with van der Waals surface area (Å²) in [6.07, 6.45) is 5.09. The number of amides is 2. The molecular formula is C32H38ClN3O4S. The predicted molar refractivity (Wildman–Crippen MR) is 163 cm³/mol. The monoisotopic (exact) mass is 595 g/mol. The number of hydrogen-bond acceptors (Lipinski definition) is 4. The molecule has 9 heteroatoms. The number of nitrogens with zero attached hydrogens (tertiary/aromatic N) is 2. The molecule has 3 aromatic rings. The molecule has 4 rings (SSSR count). The molecular weight excluding hydrogens is 558 g/mol. The lowest BCUT2D eigenvalue weighted by Crippen LogP contribution is -2.53. The first-order chi connectivity index (χ1) is 19.6. The first-order valence-corrected chi connectivity index (χ1v) is 15.9. The highest BCUT2D eigenvalue weighted by Crippen LogP contribution is 2.26. The number of carbonyl (C=O) groups excluding carboxylic acids is 2. The molecule has 1 aliphatic carbocycles. The molecule has 1 unspecified atom stereocenters. The molecule has 1 aliphatic rings. The average molecular weight is 596 g/mol. The smallest absolute Gasteiger partial charge is 0.264 e. The van der Waals surface area contributed by atoms with E-state index in [2.05, 4.69) is 5.32 Å². The standard InChI is InChI=1S/C32H38ClN3O4S/c1-23-13-17-28(18-14-23)36(41(39,40)29-19-15-24(2)16-20-29)22-31(37)35(21-26-9-7-8-12-30(26)33)25(3)32(38)34-27-10-5-4-6-11-27/h7-9,12-20,25,27H,4-6,10-11,21-22H2,1-3H3,(H,34,38). The lowest BCUT2D eigenvalue weighted by molar-refractivity contribution is -0.139. The van der Waals surface area contributed by atoms with Crippen LogP contribution in [0, 0.1) is 13.8 Å². The molecule has 218 valence electrons. The van der Waals surface area contributed by atoms with Crippen molar-refractivity contribution >= 4 is 39.1 Å². The number of anilines is 1. The second kappa shape index (κ2) is 13.5. The Kier molecular flexibility index (Phi) is 10.1. The summed E-state index contributed by atoms with van der Waals surface area (Å²) in [5, 5.41) is 3.57. The third kappa shape index (κ3) is 7.68. The Morgan fingerprint density at radius 1 is 0.902 bits per heavy atom. The van der Waals surface area contributed by atoms with E-state index < -0.39 is 28.5 Å². The number of nitrogens with one attached hydrogen (secondary N) is 1. The van der Waals surface area contributed by atoms with Gasteiger partial charge in [-0.05, 0) is 69.5 Å². The van der Waals surface area contributed by atoms with Gasteiger partial charge in [-0.3, -0.25) is 13.9 Å². The minimum atomic E-state index is -4.10. The molecule has 3 aromatic carbocycles. The van der Waals surface area contributed by atoms with Crippen molar-refractivity contribution in [1.29, 1.82) is 0 Å². The molecule has 0 aromatic heterocycles. The van der Waals surface area contributed by atoms with E-state index in [1.807, 2.05) is 19.9 Å². The predicted octanol–water partition coefficient (Wildman–Crippen LogP) is 6.02. The molecule has 41 heavy (non-hydrogen) atoms. The van der Waals surface area contributed by atoms with Gasteiger partial charge in [-0.2, -0.15) is 0 Å². The van der Waals surface area contributed by atoms with E-state index in [0.717, 1.165) is 47.5 Å². The Morgan fingerprint density at radius 3 is 2.10 bits per heavy atom. The molecule has 1 saturated carbocycles. The molecule has 0 heterocycles. The molecule has 0 aliphatic heterocycles. The van der Waals surface area contributed by atoms with E-state index in [1.165, 1.54) is 17.0 Å². The van der Waals surface area contributed by atoms with Crippen molar-refractivity contribution in [3.05, 3.63) is 94.5 Å². The fourth-order valence-electron chi connectivity index (χ4n) is 5.04. The van der Waals surface area contributed by atoms with E-state index in [1.54, 1.807) is 61.5 Å². The number of halogens is 1. The van der Waals surface area contributed by atoms with Crippen molar-refractivity contribution in [3.8, 4) is 0 Å². The Bertz CT molecular complexity index is 1450. The Balaban J connectivity index is 1.68. The van der Waals surface area contributed by atoms with Crippen LogP contribution in [0.15, 0.2) is 77.7 Å². The summed E-state index contributed by atoms with van der Waals surface area (Å²) in [6, 6.07) is 19.9. The van der Waals surface area contributed by atoms with Crippen molar-refractivity contribution in [2.24, 2.45) is 0 Å². The summed E-state index contributed by atoms with van der Waals surface area (Å²) < 4.78 is 29.0. The van der Waals surface area contributed by atoms with Crippen molar-refractivity contribution in [1.82, 2.24) is 10.2 Å². The second-order valence-corrected chi connectivity index (χ2v) is 13.1. The normalized spacial score (nSPS) is 14.7. The van der Waals surface area contributed by atoms with Crippen LogP contribution in [0.5, 0.6) is 0 Å². The first kappa shape index (κ1) is 30.6. The van der Waals surface area contributed by atoms with Gasteiger partial charge in [0.2, 0.25) is 11.8 Å². The topological polar surface area (TPSA) is 86.8 Å². The van der Waals surface area contributed by atoms with Gasteiger partial charge in [0, 0.05) is 17.6 Å². The number of rotatable bonds is 10. The molecule has 1 fully saturated rings. The maximum atomic E-state index is 14.1. The molecule has 2 amide bonds. The maximum absolute atomic E-state index is 14.1. The molecule has 0 bridgehead atoms. The summed E-state index contributed by atoms with van der Waals surface area (Å²) in [7, 11) is -4.10. The fourth-order valence-corrected chi connectivity index (χ4v) is 6.65. The van der Waals surface area contributed by atoms with E-state index in [4.69, 9.17) is 11.6 Å². The minimum absolute atomic E-state index is 0.0596. The largest absolute Gasteiger partial charge is 0.352 e. The van der Waals surface area contributed by atoms with E-state index in [-0.39, 0.29) is 23.4 Å². The van der Waals surface area contributed by atoms with Gasteiger partial charge >= 0.3 is 0 Å². The van der Waals surface area contributed by atoms with Gasteiger partial charge in [0.1, 0.15) is 12.6 Å². The number of aryl methyl sites for hydroxylation is 2. The van der Waals surface area contributed by atoms with Gasteiger partial charge in [-0.25, -0.2) is 8.42 Å². The zero-order valence-electron chi connectivity index (χ0n) is 23.8. The van der Waals surface area contributed by atoms with Gasteiger partial charge < -0.3 is 10.2 Å². The molecule has 0 spiro atoms. The minimum Gasteiger partial charge on any atom is -0.352 e. The third-order valence-electron chi connectivity index (χ3n) is 7.63. The molecule has 0 saturated heterocycles. The van der Waals surface area contributed by atoms with Crippen molar-refractivity contribution in [2.75, 3.05) is 10.8 Å². The van der Waals surface area contributed by atoms with Gasteiger partial charge in [-0.1, -0.05) is 84.5 Å². The van der Waals surface area contributed by atoms with E-state index >= 15 is 0 Å².